The van der Waals surface area contributed by atoms with Crippen LogP contribution in [0, 0.1) is 6.92 Å². The lowest BCUT2D eigenvalue weighted by Crippen LogP contribution is -2.31. The Morgan fingerprint density at radius 2 is 1.95 bits per heavy atom. The predicted octanol–water partition coefficient (Wildman–Crippen LogP) is 2.68. The molecule has 1 saturated carbocycles. The quantitative estimate of drug-likeness (QED) is 0.850. The zero-order chi connectivity index (χ0) is 13.9. The van der Waals surface area contributed by atoms with Crippen LogP contribution >= 0.6 is 0 Å². The van der Waals surface area contributed by atoms with Crippen LogP contribution in [0.2, 0.25) is 0 Å². The molecular weight excluding hydrogens is 244 g/mol. The number of aromatic carboxylic acids is 1. The highest BCUT2D eigenvalue weighted by molar-refractivity contribution is 5.88. The number of methoxy groups -OCH3 is 1. The molecule has 2 rings (SSSR count). The van der Waals surface area contributed by atoms with Crippen molar-refractivity contribution in [2.45, 2.75) is 51.0 Å². The lowest BCUT2D eigenvalue weighted by Gasteiger charge is -2.29. The summed E-state index contributed by atoms with van der Waals surface area (Å²) in [5.74, 6) is -0.365. The van der Waals surface area contributed by atoms with E-state index >= 15 is 0 Å². The molecule has 0 saturated heterocycles. The minimum absolute atomic E-state index is 0.156. The van der Waals surface area contributed by atoms with Crippen molar-refractivity contribution >= 4 is 5.97 Å². The SMILES string of the molecule is COC1(c2ncc(C(=O)O)c(C)n2)CCCCCC1. The smallest absolute Gasteiger partial charge is 0.339 e. The number of hydrogen-bond donors (Lipinski definition) is 1. The van der Waals surface area contributed by atoms with E-state index in [0.29, 0.717) is 11.5 Å². The van der Waals surface area contributed by atoms with Crippen LogP contribution in [0.1, 0.15) is 60.4 Å². The van der Waals surface area contributed by atoms with Crippen molar-refractivity contribution < 1.29 is 14.6 Å². The molecule has 1 aromatic heterocycles. The van der Waals surface area contributed by atoms with Gasteiger partial charge in [-0.2, -0.15) is 0 Å². The van der Waals surface area contributed by atoms with Crippen molar-refractivity contribution in [2.24, 2.45) is 0 Å². The Morgan fingerprint density at radius 3 is 2.42 bits per heavy atom. The monoisotopic (exact) mass is 264 g/mol. The highest BCUT2D eigenvalue weighted by atomic mass is 16.5. The van der Waals surface area contributed by atoms with E-state index in [2.05, 4.69) is 9.97 Å². The Balaban J connectivity index is 2.37. The maximum absolute atomic E-state index is 11.0. The Hall–Kier alpha value is -1.49. The molecule has 5 heteroatoms. The van der Waals surface area contributed by atoms with Gasteiger partial charge >= 0.3 is 5.97 Å². The van der Waals surface area contributed by atoms with E-state index in [4.69, 9.17) is 9.84 Å². The minimum atomic E-state index is -0.989. The zero-order valence-electron chi connectivity index (χ0n) is 11.5. The van der Waals surface area contributed by atoms with Gasteiger partial charge in [-0.3, -0.25) is 0 Å². The van der Waals surface area contributed by atoms with Gasteiger partial charge in [0, 0.05) is 13.3 Å². The fourth-order valence-corrected chi connectivity index (χ4v) is 2.72. The maximum Gasteiger partial charge on any atom is 0.339 e. The van der Waals surface area contributed by atoms with E-state index in [-0.39, 0.29) is 5.56 Å². The molecule has 5 nitrogen and oxygen atoms in total. The summed E-state index contributed by atoms with van der Waals surface area (Å²) in [4.78, 5) is 19.6. The summed E-state index contributed by atoms with van der Waals surface area (Å²) in [6.07, 6.45) is 7.79. The molecule has 104 valence electrons. The second-order valence-electron chi connectivity index (χ2n) is 5.11. The van der Waals surface area contributed by atoms with E-state index in [0.717, 1.165) is 25.7 Å². The average molecular weight is 264 g/mol. The Morgan fingerprint density at radius 1 is 1.32 bits per heavy atom. The summed E-state index contributed by atoms with van der Waals surface area (Å²) < 4.78 is 5.73. The third-order valence-electron chi connectivity index (χ3n) is 3.92. The molecule has 1 aliphatic carbocycles. The number of carboxylic acid groups (broad SMARTS) is 1. The lowest BCUT2D eigenvalue weighted by molar-refractivity contribution is -0.0353. The molecular formula is C14H20N2O3. The molecule has 0 amide bonds. The van der Waals surface area contributed by atoms with Gasteiger partial charge in [0.2, 0.25) is 0 Å². The van der Waals surface area contributed by atoms with Crippen LogP contribution in [-0.2, 0) is 10.3 Å². The molecule has 0 unspecified atom stereocenters. The average Bonchev–Trinajstić information content (AvgIpc) is 2.64. The molecule has 1 fully saturated rings. The van der Waals surface area contributed by atoms with Gasteiger partial charge in [0.05, 0.1) is 11.3 Å². The van der Waals surface area contributed by atoms with Crippen LogP contribution in [-0.4, -0.2) is 28.2 Å². The van der Waals surface area contributed by atoms with Gasteiger partial charge in [0.15, 0.2) is 5.82 Å². The number of carbonyl (C=O) groups is 1. The molecule has 0 bridgehead atoms. The molecule has 0 aliphatic heterocycles. The molecule has 0 radical (unpaired) electrons. The summed E-state index contributed by atoms with van der Waals surface area (Å²) in [6.45, 7) is 1.70. The molecule has 0 atom stereocenters. The van der Waals surface area contributed by atoms with E-state index in [1.165, 1.54) is 19.0 Å². The first kappa shape index (κ1) is 13.9. The first-order chi connectivity index (χ1) is 9.09. The Labute approximate surface area is 113 Å². The number of aromatic nitrogens is 2. The number of rotatable bonds is 3. The van der Waals surface area contributed by atoms with E-state index in [1.54, 1.807) is 14.0 Å². The number of carboxylic acids is 1. The summed E-state index contributed by atoms with van der Waals surface area (Å²) in [6, 6.07) is 0. The van der Waals surface area contributed by atoms with Gasteiger partial charge in [-0.25, -0.2) is 14.8 Å². The van der Waals surface area contributed by atoms with Crippen LogP contribution in [0.5, 0.6) is 0 Å². The topological polar surface area (TPSA) is 72.3 Å². The van der Waals surface area contributed by atoms with E-state index in [1.807, 2.05) is 0 Å². The summed E-state index contributed by atoms with van der Waals surface area (Å²) in [5, 5.41) is 9.02. The largest absolute Gasteiger partial charge is 0.478 e. The molecule has 1 heterocycles. The van der Waals surface area contributed by atoms with Crippen molar-refractivity contribution in [3.8, 4) is 0 Å². The Bertz CT molecular complexity index is 466. The van der Waals surface area contributed by atoms with Crippen LogP contribution in [0.3, 0.4) is 0 Å². The summed E-state index contributed by atoms with van der Waals surface area (Å²) in [5.41, 5.74) is 0.208. The second kappa shape index (κ2) is 5.65. The van der Waals surface area contributed by atoms with E-state index < -0.39 is 11.6 Å². The highest BCUT2D eigenvalue weighted by Gasteiger charge is 2.36. The highest BCUT2D eigenvalue weighted by Crippen LogP contribution is 2.37. The molecule has 1 aromatic rings. The molecule has 1 N–H and O–H groups in total. The fraction of sp³-hybridized carbons (Fsp3) is 0.643. The van der Waals surface area contributed by atoms with Gasteiger partial charge in [0.25, 0.3) is 0 Å². The molecule has 0 aromatic carbocycles. The van der Waals surface area contributed by atoms with Gasteiger partial charge < -0.3 is 9.84 Å². The summed E-state index contributed by atoms with van der Waals surface area (Å²) >= 11 is 0. The minimum Gasteiger partial charge on any atom is -0.478 e. The summed E-state index contributed by atoms with van der Waals surface area (Å²) in [7, 11) is 1.69. The Kier molecular flexibility index (Phi) is 4.14. The second-order valence-corrected chi connectivity index (χ2v) is 5.11. The van der Waals surface area contributed by atoms with Crippen molar-refractivity contribution in [1.82, 2.24) is 9.97 Å². The van der Waals surface area contributed by atoms with Gasteiger partial charge in [-0.15, -0.1) is 0 Å². The first-order valence-corrected chi connectivity index (χ1v) is 6.71. The van der Waals surface area contributed by atoms with Crippen molar-refractivity contribution in [3.05, 3.63) is 23.3 Å². The number of ether oxygens (including phenoxy) is 1. The van der Waals surface area contributed by atoms with Crippen LogP contribution in [0.4, 0.5) is 0 Å². The van der Waals surface area contributed by atoms with Gasteiger partial charge in [-0.1, -0.05) is 25.7 Å². The van der Waals surface area contributed by atoms with Crippen molar-refractivity contribution in [1.29, 1.82) is 0 Å². The fourth-order valence-electron chi connectivity index (χ4n) is 2.72. The predicted molar refractivity (Wildman–Crippen MR) is 70.1 cm³/mol. The van der Waals surface area contributed by atoms with Gasteiger partial charge in [-0.05, 0) is 19.8 Å². The maximum atomic E-state index is 11.0. The first-order valence-electron chi connectivity index (χ1n) is 6.71. The van der Waals surface area contributed by atoms with E-state index in [9.17, 15) is 4.79 Å². The van der Waals surface area contributed by atoms with Crippen LogP contribution < -0.4 is 0 Å². The number of hydrogen-bond acceptors (Lipinski definition) is 4. The molecule has 0 spiro atoms. The molecule has 19 heavy (non-hydrogen) atoms. The number of aryl methyl sites for hydroxylation is 1. The molecule has 1 aliphatic rings. The third-order valence-corrected chi connectivity index (χ3v) is 3.92. The van der Waals surface area contributed by atoms with Gasteiger partial charge in [0.1, 0.15) is 5.60 Å². The normalized spacial score (nSPS) is 18.8. The van der Waals surface area contributed by atoms with Crippen LogP contribution in [0.25, 0.3) is 0 Å². The van der Waals surface area contributed by atoms with Crippen molar-refractivity contribution in [3.63, 3.8) is 0 Å². The zero-order valence-corrected chi connectivity index (χ0v) is 11.5. The number of nitrogens with zero attached hydrogens (tertiary/aromatic N) is 2. The third kappa shape index (κ3) is 2.76. The van der Waals surface area contributed by atoms with Crippen molar-refractivity contribution in [2.75, 3.05) is 7.11 Å². The van der Waals surface area contributed by atoms with Crippen LogP contribution in [0.15, 0.2) is 6.20 Å². The standard InChI is InChI=1S/C14H20N2O3/c1-10-11(12(17)18)9-15-13(16-10)14(19-2)7-5-3-4-6-8-14/h9H,3-8H2,1-2H3,(H,17,18). The lowest BCUT2D eigenvalue weighted by atomic mass is 9.93.